The molecule has 0 spiro atoms. The molecule has 0 fully saturated rings. The first kappa shape index (κ1) is 13.4. The Balaban J connectivity index is 1.89. The molecule has 2 aromatic heterocycles. The van der Waals surface area contributed by atoms with E-state index in [2.05, 4.69) is 10.2 Å². The second-order valence-electron chi connectivity index (χ2n) is 4.09. The molecule has 0 aliphatic heterocycles. The Hall–Kier alpha value is -2.61. The summed E-state index contributed by atoms with van der Waals surface area (Å²) in [4.78, 5) is 11.0. The molecule has 21 heavy (non-hydrogen) atoms. The molecule has 0 N–H and O–H groups in total. The molecular weight excluding hydrogens is 294 g/mol. The van der Waals surface area contributed by atoms with Gasteiger partial charge in [-0.3, -0.25) is 10.1 Å². The second-order valence-corrected chi connectivity index (χ2v) is 5.08. The van der Waals surface area contributed by atoms with Gasteiger partial charge in [0.2, 0.25) is 0 Å². The molecule has 0 aliphatic rings. The standard InChI is InChI=1S/C13H9N3O4S/c1-8-9(6-7-19-8)12-14-15-13(20-12)21-11-5-3-2-4-10(11)16(17)18/h2-7H,1H3. The average Bonchev–Trinajstić information content (AvgIpc) is 3.08. The summed E-state index contributed by atoms with van der Waals surface area (Å²) in [5, 5.41) is 19.0. The number of rotatable bonds is 4. The van der Waals surface area contributed by atoms with E-state index in [1.807, 2.05) is 0 Å². The van der Waals surface area contributed by atoms with E-state index < -0.39 is 4.92 Å². The van der Waals surface area contributed by atoms with Crippen molar-refractivity contribution in [3.63, 3.8) is 0 Å². The summed E-state index contributed by atoms with van der Waals surface area (Å²) >= 11 is 1.05. The van der Waals surface area contributed by atoms with Crippen molar-refractivity contribution in [2.45, 2.75) is 17.0 Å². The third-order valence-corrected chi connectivity index (χ3v) is 3.66. The highest BCUT2D eigenvalue weighted by molar-refractivity contribution is 7.99. The minimum absolute atomic E-state index is 0.00161. The molecule has 0 saturated heterocycles. The fraction of sp³-hybridized carbons (Fsp3) is 0.0769. The summed E-state index contributed by atoms with van der Waals surface area (Å²) in [5.74, 6) is 0.989. The fourth-order valence-electron chi connectivity index (χ4n) is 1.76. The molecular formula is C13H9N3O4S. The van der Waals surface area contributed by atoms with Gasteiger partial charge in [0, 0.05) is 6.07 Å². The van der Waals surface area contributed by atoms with E-state index in [-0.39, 0.29) is 10.9 Å². The molecule has 3 rings (SSSR count). The van der Waals surface area contributed by atoms with Gasteiger partial charge < -0.3 is 8.83 Å². The van der Waals surface area contributed by atoms with Gasteiger partial charge in [0.25, 0.3) is 16.8 Å². The smallest absolute Gasteiger partial charge is 0.283 e. The van der Waals surface area contributed by atoms with Crippen LogP contribution < -0.4 is 0 Å². The topological polar surface area (TPSA) is 95.2 Å². The predicted molar refractivity (Wildman–Crippen MR) is 74.0 cm³/mol. The number of nitrogens with zero attached hydrogens (tertiary/aromatic N) is 3. The minimum atomic E-state index is -0.445. The van der Waals surface area contributed by atoms with Gasteiger partial charge in [-0.2, -0.15) is 0 Å². The number of aromatic nitrogens is 2. The van der Waals surface area contributed by atoms with E-state index in [0.29, 0.717) is 22.1 Å². The zero-order valence-electron chi connectivity index (χ0n) is 10.8. The van der Waals surface area contributed by atoms with Crippen LogP contribution in [0.5, 0.6) is 0 Å². The van der Waals surface area contributed by atoms with Gasteiger partial charge in [0.05, 0.1) is 21.6 Å². The third-order valence-electron chi connectivity index (χ3n) is 2.75. The monoisotopic (exact) mass is 303 g/mol. The van der Waals surface area contributed by atoms with Crippen LogP contribution in [0.15, 0.2) is 55.5 Å². The van der Waals surface area contributed by atoms with Crippen molar-refractivity contribution < 1.29 is 13.8 Å². The van der Waals surface area contributed by atoms with Crippen LogP contribution in [0.2, 0.25) is 0 Å². The predicted octanol–water partition coefficient (Wildman–Crippen LogP) is 3.70. The van der Waals surface area contributed by atoms with Crippen molar-refractivity contribution >= 4 is 17.4 Å². The van der Waals surface area contributed by atoms with Gasteiger partial charge in [-0.1, -0.05) is 12.1 Å². The zero-order valence-corrected chi connectivity index (χ0v) is 11.7. The van der Waals surface area contributed by atoms with Crippen LogP contribution in [-0.2, 0) is 0 Å². The number of furan rings is 1. The van der Waals surface area contributed by atoms with E-state index >= 15 is 0 Å². The summed E-state index contributed by atoms with van der Waals surface area (Å²) in [7, 11) is 0. The van der Waals surface area contributed by atoms with E-state index in [1.165, 1.54) is 12.3 Å². The number of aryl methyl sites for hydroxylation is 1. The van der Waals surface area contributed by atoms with Gasteiger partial charge in [0.1, 0.15) is 5.76 Å². The van der Waals surface area contributed by atoms with E-state index in [9.17, 15) is 10.1 Å². The van der Waals surface area contributed by atoms with Crippen LogP contribution in [0.25, 0.3) is 11.5 Å². The van der Waals surface area contributed by atoms with Crippen molar-refractivity contribution in [3.05, 3.63) is 52.5 Å². The lowest BCUT2D eigenvalue weighted by Gasteiger charge is -1.98. The van der Waals surface area contributed by atoms with Crippen molar-refractivity contribution in [1.82, 2.24) is 10.2 Å². The second kappa shape index (κ2) is 5.41. The normalized spacial score (nSPS) is 10.7. The van der Waals surface area contributed by atoms with Gasteiger partial charge in [-0.05, 0) is 30.8 Å². The summed E-state index contributed by atoms with van der Waals surface area (Å²) in [6, 6.07) is 8.11. The van der Waals surface area contributed by atoms with Crippen molar-refractivity contribution in [2.24, 2.45) is 0 Å². The molecule has 7 nitrogen and oxygen atoms in total. The van der Waals surface area contributed by atoms with E-state index in [4.69, 9.17) is 8.83 Å². The van der Waals surface area contributed by atoms with E-state index in [0.717, 1.165) is 11.8 Å². The van der Waals surface area contributed by atoms with Gasteiger partial charge in [0.15, 0.2) is 0 Å². The summed E-state index contributed by atoms with van der Waals surface area (Å²) in [6.07, 6.45) is 1.53. The van der Waals surface area contributed by atoms with Crippen molar-refractivity contribution in [1.29, 1.82) is 0 Å². The van der Waals surface area contributed by atoms with Gasteiger partial charge in [-0.25, -0.2) is 0 Å². The highest BCUT2D eigenvalue weighted by Gasteiger charge is 2.18. The average molecular weight is 303 g/mol. The van der Waals surface area contributed by atoms with Crippen LogP contribution >= 0.6 is 11.8 Å². The first-order chi connectivity index (χ1) is 10.1. The third kappa shape index (κ3) is 2.65. The Morgan fingerprint density at radius 1 is 1.24 bits per heavy atom. The van der Waals surface area contributed by atoms with Crippen LogP contribution in [0.4, 0.5) is 5.69 Å². The first-order valence-electron chi connectivity index (χ1n) is 5.94. The molecule has 0 atom stereocenters. The molecule has 3 aromatic rings. The van der Waals surface area contributed by atoms with Crippen LogP contribution in [-0.4, -0.2) is 15.1 Å². The lowest BCUT2D eigenvalue weighted by molar-refractivity contribution is -0.387. The molecule has 2 heterocycles. The number of nitro benzene ring substituents is 1. The van der Waals surface area contributed by atoms with Gasteiger partial charge in [-0.15, -0.1) is 10.2 Å². The maximum atomic E-state index is 11.0. The van der Waals surface area contributed by atoms with Crippen LogP contribution in [0.3, 0.4) is 0 Å². The molecule has 0 radical (unpaired) electrons. The number of benzene rings is 1. The highest BCUT2D eigenvalue weighted by atomic mass is 32.2. The van der Waals surface area contributed by atoms with E-state index in [1.54, 1.807) is 31.2 Å². The summed E-state index contributed by atoms with van der Waals surface area (Å²) in [6.45, 7) is 1.79. The number of nitro groups is 1. The Morgan fingerprint density at radius 2 is 2.05 bits per heavy atom. The molecule has 0 amide bonds. The summed E-state index contributed by atoms with van der Waals surface area (Å²) in [5.41, 5.74) is 0.707. The Kier molecular flexibility index (Phi) is 3.44. The molecule has 8 heteroatoms. The first-order valence-corrected chi connectivity index (χ1v) is 6.76. The molecule has 0 unspecified atom stereocenters. The summed E-state index contributed by atoms with van der Waals surface area (Å²) < 4.78 is 10.7. The molecule has 0 saturated carbocycles. The SMILES string of the molecule is Cc1occc1-c1nnc(Sc2ccccc2[N+](=O)[O-])o1. The lowest BCUT2D eigenvalue weighted by atomic mass is 10.3. The largest absolute Gasteiger partial charge is 0.469 e. The van der Waals surface area contributed by atoms with Crippen LogP contribution in [0.1, 0.15) is 5.76 Å². The number of hydrogen-bond acceptors (Lipinski definition) is 7. The minimum Gasteiger partial charge on any atom is -0.469 e. The van der Waals surface area contributed by atoms with Crippen molar-refractivity contribution in [2.75, 3.05) is 0 Å². The lowest BCUT2D eigenvalue weighted by Crippen LogP contribution is -1.89. The molecule has 0 aliphatic carbocycles. The number of para-hydroxylation sites is 1. The van der Waals surface area contributed by atoms with Crippen molar-refractivity contribution in [3.8, 4) is 11.5 Å². The fourth-order valence-corrected chi connectivity index (χ4v) is 2.54. The molecule has 0 bridgehead atoms. The molecule has 1 aromatic carbocycles. The maximum absolute atomic E-state index is 11.0. The highest BCUT2D eigenvalue weighted by Crippen LogP contribution is 2.35. The maximum Gasteiger partial charge on any atom is 0.283 e. The van der Waals surface area contributed by atoms with Crippen LogP contribution in [0, 0.1) is 17.0 Å². The Labute approximate surface area is 123 Å². The number of hydrogen-bond donors (Lipinski definition) is 0. The molecule has 106 valence electrons. The Morgan fingerprint density at radius 3 is 2.76 bits per heavy atom. The quantitative estimate of drug-likeness (QED) is 0.535. The van der Waals surface area contributed by atoms with Gasteiger partial charge >= 0.3 is 0 Å². The zero-order chi connectivity index (χ0) is 14.8. The Bertz CT molecular complexity index is 796.